The van der Waals surface area contributed by atoms with Crippen LogP contribution in [-0.2, 0) is 26.0 Å². The van der Waals surface area contributed by atoms with Gasteiger partial charge in [0.25, 0.3) is 10.0 Å². The number of anilines is 1. The molecule has 0 unspecified atom stereocenters. The quantitative estimate of drug-likeness (QED) is 0.299. The number of sulfonamides is 1. The van der Waals surface area contributed by atoms with E-state index in [1.807, 2.05) is 51.1 Å². The van der Waals surface area contributed by atoms with Crippen molar-refractivity contribution in [2.75, 3.05) is 17.4 Å². The van der Waals surface area contributed by atoms with Crippen LogP contribution in [0.5, 0.6) is 0 Å². The lowest BCUT2D eigenvalue weighted by molar-refractivity contribution is -0.139. The fourth-order valence-corrected chi connectivity index (χ4v) is 5.88. The highest BCUT2D eigenvalue weighted by atomic mass is 35.5. The van der Waals surface area contributed by atoms with Crippen molar-refractivity contribution in [2.24, 2.45) is 0 Å². The van der Waals surface area contributed by atoms with Crippen molar-refractivity contribution in [3.8, 4) is 0 Å². The number of amides is 2. The van der Waals surface area contributed by atoms with E-state index < -0.39 is 28.5 Å². The molecule has 0 spiro atoms. The van der Waals surface area contributed by atoms with Gasteiger partial charge in [0.15, 0.2) is 0 Å². The summed E-state index contributed by atoms with van der Waals surface area (Å²) in [5, 5.41) is 3.29. The summed E-state index contributed by atoms with van der Waals surface area (Å²) in [5.74, 6) is -0.803. The predicted octanol–water partition coefficient (Wildman–Crippen LogP) is 5.56. The van der Waals surface area contributed by atoms with Crippen LogP contribution in [0, 0.1) is 0 Å². The Balaban J connectivity index is 2.02. The molecule has 0 aromatic heterocycles. The molecule has 0 saturated carbocycles. The number of halogens is 2. The second-order valence-corrected chi connectivity index (χ2v) is 12.0. The van der Waals surface area contributed by atoms with Gasteiger partial charge in [-0.15, -0.1) is 0 Å². The van der Waals surface area contributed by atoms with E-state index in [9.17, 15) is 18.0 Å². The van der Waals surface area contributed by atoms with Gasteiger partial charge in [0.05, 0.1) is 20.6 Å². The second-order valence-electron chi connectivity index (χ2n) is 9.33. The third kappa shape index (κ3) is 7.97. The molecule has 0 radical (unpaired) electrons. The monoisotopic (exact) mass is 589 g/mol. The van der Waals surface area contributed by atoms with E-state index in [0.717, 1.165) is 9.87 Å². The van der Waals surface area contributed by atoms with Gasteiger partial charge in [-0.1, -0.05) is 78.7 Å². The highest BCUT2D eigenvalue weighted by Gasteiger charge is 2.33. The average Bonchev–Trinajstić information content (AvgIpc) is 2.91. The fourth-order valence-electron chi connectivity index (χ4n) is 4.17. The van der Waals surface area contributed by atoms with E-state index in [2.05, 4.69) is 5.32 Å². The Morgan fingerprint density at radius 2 is 1.51 bits per heavy atom. The predicted molar refractivity (Wildman–Crippen MR) is 157 cm³/mol. The maximum atomic E-state index is 13.9. The summed E-state index contributed by atoms with van der Waals surface area (Å²) in [6.45, 7) is 5.21. The number of hydrogen-bond acceptors (Lipinski definition) is 4. The first kappa shape index (κ1) is 30.5. The molecule has 0 aliphatic rings. The number of nitrogens with zero attached hydrogens (tertiary/aromatic N) is 2. The summed E-state index contributed by atoms with van der Waals surface area (Å²) in [6.07, 6.45) is 0.855. The van der Waals surface area contributed by atoms with Gasteiger partial charge in [0.1, 0.15) is 12.6 Å². The zero-order valence-corrected chi connectivity index (χ0v) is 24.5. The number of carbonyl (C=O) groups excluding carboxylic acids is 2. The van der Waals surface area contributed by atoms with Crippen LogP contribution in [0.1, 0.15) is 32.8 Å². The SMILES string of the molecule is CC[C@H](C(=O)NC(C)C)N(CCc1ccccc1)C(=O)CN(c1ccc(Cl)c(Cl)c1)S(=O)(=O)c1ccccc1. The Kier molecular flexibility index (Phi) is 10.8. The summed E-state index contributed by atoms with van der Waals surface area (Å²) in [4.78, 5) is 28.6. The van der Waals surface area contributed by atoms with Crippen molar-refractivity contribution in [3.05, 3.63) is 94.5 Å². The molecule has 0 bridgehead atoms. The minimum absolute atomic E-state index is 0.0179. The summed E-state index contributed by atoms with van der Waals surface area (Å²) in [5.41, 5.74) is 1.18. The van der Waals surface area contributed by atoms with Crippen LogP contribution >= 0.6 is 23.2 Å². The first-order valence-corrected chi connectivity index (χ1v) is 14.9. The molecule has 1 atom stereocenters. The summed E-state index contributed by atoms with van der Waals surface area (Å²) in [7, 11) is -4.17. The molecule has 3 aromatic carbocycles. The van der Waals surface area contributed by atoms with Gasteiger partial charge in [0, 0.05) is 12.6 Å². The van der Waals surface area contributed by atoms with Gasteiger partial charge in [-0.3, -0.25) is 13.9 Å². The molecule has 10 heteroatoms. The molecule has 3 rings (SSSR count). The van der Waals surface area contributed by atoms with Crippen LogP contribution < -0.4 is 9.62 Å². The van der Waals surface area contributed by atoms with Crippen LogP contribution in [0.3, 0.4) is 0 Å². The van der Waals surface area contributed by atoms with Crippen molar-refractivity contribution < 1.29 is 18.0 Å². The van der Waals surface area contributed by atoms with Crippen LogP contribution in [0.4, 0.5) is 5.69 Å². The van der Waals surface area contributed by atoms with Crippen LogP contribution in [-0.4, -0.2) is 50.3 Å². The molecule has 39 heavy (non-hydrogen) atoms. The van der Waals surface area contributed by atoms with Crippen molar-refractivity contribution in [2.45, 2.75) is 50.6 Å². The van der Waals surface area contributed by atoms with Crippen molar-refractivity contribution >= 4 is 50.7 Å². The fraction of sp³-hybridized carbons (Fsp3) is 0.310. The summed E-state index contributed by atoms with van der Waals surface area (Å²) < 4.78 is 28.6. The minimum Gasteiger partial charge on any atom is -0.352 e. The number of nitrogens with one attached hydrogen (secondary N) is 1. The molecule has 0 heterocycles. The summed E-state index contributed by atoms with van der Waals surface area (Å²) >= 11 is 12.3. The Hall–Kier alpha value is -3.07. The van der Waals surface area contributed by atoms with Gasteiger partial charge in [-0.2, -0.15) is 0 Å². The number of hydrogen-bond donors (Lipinski definition) is 1. The van der Waals surface area contributed by atoms with Crippen LogP contribution in [0.2, 0.25) is 10.0 Å². The zero-order chi connectivity index (χ0) is 28.6. The molecule has 0 aliphatic heterocycles. The van der Waals surface area contributed by atoms with E-state index in [1.54, 1.807) is 18.2 Å². The first-order chi connectivity index (χ1) is 18.5. The molecule has 0 fully saturated rings. The molecule has 2 amide bonds. The van der Waals surface area contributed by atoms with Crippen molar-refractivity contribution in [1.29, 1.82) is 0 Å². The van der Waals surface area contributed by atoms with Crippen molar-refractivity contribution in [1.82, 2.24) is 10.2 Å². The molecule has 3 aromatic rings. The maximum absolute atomic E-state index is 13.9. The Bertz CT molecular complexity index is 1370. The highest BCUT2D eigenvalue weighted by Crippen LogP contribution is 2.30. The maximum Gasteiger partial charge on any atom is 0.264 e. The lowest BCUT2D eigenvalue weighted by atomic mass is 10.1. The minimum atomic E-state index is -4.17. The molecule has 7 nitrogen and oxygen atoms in total. The third-order valence-electron chi connectivity index (χ3n) is 6.10. The van der Waals surface area contributed by atoms with Crippen molar-refractivity contribution in [3.63, 3.8) is 0 Å². The van der Waals surface area contributed by atoms with Gasteiger partial charge >= 0.3 is 0 Å². The molecular formula is C29H33Cl2N3O4S. The van der Waals surface area contributed by atoms with E-state index in [4.69, 9.17) is 23.2 Å². The third-order valence-corrected chi connectivity index (χ3v) is 8.63. The lowest BCUT2D eigenvalue weighted by Crippen LogP contribution is -2.54. The van der Waals surface area contributed by atoms with Crippen LogP contribution in [0.25, 0.3) is 0 Å². The van der Waals surface area contributed by atoms with Crippen LogP contribution in [0.15, 0.2) is 83.8 Å². The van der Waals surface area contributed by atoms with E-state index >= 15 is 0 Å². The molecule has 1 N–H and O–H groups in total. The van der Waals surface area contributed by atoms with Gasteiger partial charge in [-0.05, 0) is 62.6 Å². The van der Waals surface area contributed by atoms with E-state index in [0.29, 0.717) is 12.8 Å². The Morgan fingerprint density at radius 3 is 2.08 bits per heavy atom. The van der Waals surface area contributed by atoms with E-state index in [1.165, 1.54) is 35.2 Å². The Labute approximate surface area is 240 Å². The molecule has 208 valence electrons. The van der Waals surface area contributed by atoms with Gasteiger partial charge < -0.3 is 10.2 Å². The van der Waals surface area contributed by atoms with Gasteiger partial charge in [-0.25, -0.2) is 8.42 Å². The topological polar surface area (TPSA) is 86.8 Å². The molecule has 0 saturated heterocycles. The smallest absolute Gasteiger partial charge is 0.264 e. The van der Waals surface area contributed by atoms with E-state index in [-0.39, 0.29) is 39.1 Å². The second kappa shape index (κ2) is 13.8. The first-order valence-electron chi connectivity index (χ1n) is 12.7. The largest absolute Gasteiger partial charge is 0.352 e. The normalized spacial score (nSPS) is 12.2. The molecule has 0 aliphatic carbocycles. The molecular weight excluding hydrogens is 557 g/mol. The number of benzene rings is 3. The highest BCUT2D eigenvalue weighted by molar-refractivity contribution is 7.92. The summed E-state index contributed by atoms with van der Waals surface area (Å²) in [6, 6.07) is 20.9. The van der Waals surface area contributed by atoms with Gasteiger partial charge in [0.2, 0.25) is 11.8 Å². The average molecular weight is 591 g/mol. The number of rotatable bonds is 12. The lowest BCUT2D eigenvalue weighted by Gasteiger charge is -2.33. The standard InChI is InChI=1S/C29H33Cl2N3O4S/c1-4-27(29(36)32-21(2)3)33(18-17-22-11-7-5-8-12-22)28(35)20-34(23-15-16-25(30)26(31)19-23)39(37,38)24-13-9-6-10-14-24/h5-16,19,21,27H,4,17-18,20H2,1-3H3,(H,32,36)/t27-/m1/s1. The number of carbonyl (C=O) groups is 2. The Morgan fingerprint density at radius 1 is 0.897 bits per heavy atom. The zero-order valence-electron chi connectivity index (χ0n) is 22.2.